The fourth-order valence-corrected chi connectivity index (χ4v) is 2.12. The molecule has 88 valence electrons. The molecule has 1 N–H and O–H groups in total. The van der Waals surface area contributed by atoms with Crippen molar-refractivity contribution in [3.63, 3.8) is 0 Å². The highest BCUT2D eigenvalue weighted by atomic mass is 16.2. The smallest absolute Gasteiger partial charge is 0.222 e. The predicted octanol–water partition coefficient (Wildman–Crippen LogP) is 1.78. The number of amides is 1. The molecule has 0 radical (unpaired) electrons. The zero-order valence-corrected chi connectivity index (χ0v) is 10.1. The molecule has 0 aromatic rings. The minimum Gasteiger partial charge on any atom is -0.341 e. The van der Waals surface area contributed by atoms with Gasteiger partial charge in [0, 0.05) is 25.6 Å². The van der Waals surface area contributed by atoms with E-state index < -0.39 is 0 Å². The van der Waals surface area contributed by atoms with Crippen molar-refractivity contribution in [3.8, 4) is 0 Å². The average Bonchev–Trinajstić information content (AvgIpc) is 2.61. The molecule has 1 fully saturated rings. The van der Waals surface area contributed by atoms with Crippen molar-refractivity contribution in [3.05, 3.63) is 0 Å². The molecule has 0 spiro atoms. The molecule has 0 bridgehead atoms. The SMILES string of the molecule is CCCNC(CCC)CN1CCCC1=O. The minimum atomic E-state index is 0.342. The minimum absolute atomic E-state index is 0.342. The first kappa shape index (κ1) is 12.5. The Labute approximate surface area is 93.2 Å². The molecule has 0 saturated carbocycles. The van der Waals surface area contributed by atoms with Crippen LogP contribution >= 0.6 is 0 Å². The van der Waals surface area contributed by atoms with Gasteiger partial charge in [-0.3, -0.25) is 4.79 Å². The van der Waals surface area contributed by atoms with Gasteiger partial charge < -0.3 is 10.2 Å². The van der Waals surface area contributed by atoms with E-state index in [-0.39, 0.29) is 0 Å². The Kier molecular flexibility index (Phi) is 5.69. The molecule has 1 amide bonds. The Bertz CT molecular complexity index is 194. The van der Waals surface area contributed by atoms with Crippen LogP contribution in [-0.4, -0.2) is 36.5 Å². The van der Waals surface area contributed by atoms with E-state index >= 15 is 0 Å². The van der Waals surface area contributed by atoms with Crippen molar-refractivity contribution in [2.24, 2.45) is 0 Å². The topological polar surface area (TPSA) is 32.3 Å². The third kappa shape index (κ3) is 4.20. The lowest BCUT2D eigenvalue weighted by molar-refractivity contribution is -0.128. The summed E-state index contributed by atoms with van der Waals surface area (Å²) in [6.07, 6.45) is 5.32. The van der Waals surface area contributed by atoms with Crippen LogP contribution < -0.4 is 5.32 Å². The maximum Gasteiger partial charge on any atom is 0.222 e. The van der Waals surface area contributed by atoms with E-state index in [4.69, 9.17) is 0 Å². The number of rotatable bonds is 7. The Hall–Kier alpha value is -0.570. The van der Waals surface area contributed by atoms with Crippen molar-refractivity contribution in [1.29, 1.82) is 0 Å². The van der Waals surface area contributed by atoms with E-state index in [2.05, 4.69) is 19.2 Å². The standard InChI is InChI=1S/C12H24N2O/c1-3-6-11(13-8-4-2)10-14-9-5-7-12(14)15/h11,13H,3-10H2,1-2H3. The molecule has 1 aliphatic rings. The number of likely N-dealkylation sites (tertiary alicyclic amines) is 1. The van der Waals surface area contributed by atoms with Crippen LogP contribution in [0.1, 0.15) is 46.0 Å². The normalized spacial score (nSPS) is 18.5. The number of hydrogen-bond acceptors (Lipinski definition) is 2. The molecule has 1 unspecified atom stereocenters. The second kappa shape index (κ2) is 6.83. The van der Waals surface area contributed by atoms with Crippen LogP contribution in [-0.2, 0) is 4.79 Å². The summed E-state index contributed by atoms with van der Waals surface area (Å²) in [5, 5.41) is 3.52. The van der Waals surface area contributed by atoms with Gasteiger partial charge in [0.2, 0.25) is 5.91 Å². The van der Waals surface area contributed by atoms with Gasteiger partial charge in [0.1, 0.15) is 0 Å². The zero-order chi connectivity index (χ0) is 11.1. The van der Waals surface area contributed by atoms with Crippen molar-refractivity contribution < 1.29 is 4.79 Å². The summed E-state index contributed by atoms with van der Waals surface area (Å²) in [6.45, 7) is 7.32. The summed E-state index contributed by atoms with van der Waals surface area (Å²) in [5.41, 5.74) is 0. The van der Waals surface area contributed by atoms with Crippen molar-refractivity contribution >= 4 is 5.91 Å². The molecular formula is C12H24N2O. The lowest BCUT2D eigenvalue weighted by Crippen LogP contribution is -2.41. The van der Waals surface area contributed by atoms with Crippen molar-refractivity contribution in [1.82, 2.24) is 10.2 Å². The van der Waals surface area contributed by atoms with Crippen molar-refractivity contribution in [2.45, 2.75) is 52.0 Å². The fraction of sp³-hybridized carbons (Fsp3) is 0.917. The molecule has 1 atom stereocenters. The molecular weight excluding hydrogens is 188 g/mol. The van der Waals surface area contributed by atoms with Gasteiger partial charge in [-0.1, -0.05) is 20.3 Å². The first-order chi connectivity index (χ1) is 7.27. The number of nitrogens with zero attached hydrogens (tertiary/aromatic N) is 1. The number of hydrogen-bond donors (Lipinski definition) is 1. The average molecular weight is 212 g/mol. The van der Waals surface area contributed by atoms with Gasteiger partial charge in [0.05, 0.1) is 0 Å². The number of carbonyl (C=O) groups is 1. The molecule has 15 heavy (non-hydrogen) atoms. The Balaban J connectivity index is 2.31. The third-order valence-corrected chi connectivity index (χ3v) is 2.93. The summed E-state index contributed by atoms with van der Waals surface area (Å²) < 4.78 is 0. The van der Waals surface area contributed by atoms with Gasteiger partial charge in [-0.2, -0.15) is 0 Å². The highest BCUT2D eigenvalue weighted by Crippen LogP contribution is 2.11. The summed E-state index contributed by atoms with van der Waals surface area (Å²) in [5.74, 6) is 0.342. The van der Waals surface area contributed by atoms with Crippen LogP contribution in [0.4, 0.5) is 0 Å². The second-order valence-corrected chi connectivity index (χ2v) is 4.38. The Morgan fingerprint density at radius 2 is 2.20 bits per heavy atom. The lowest BCUT2D eigenvalue weighted by atomic mass is 10.1. The quantitative estimate of drug-likeness (QED) is 0.697. The van der Waals surface area contributed by atoms with Gasteiger partial charge in [0.15, 0.2) is 0 Å². The van der Waals surface area contributed by atoms with Gasteiger partial charge in [-0.15, -0.1) is 0 Å². The highest BCUT2D eigenvalue weighted by Gasteiger charge is 2.22. The van der Waals surface area contributed by atoms with E-state index in [1.807, 2.05) is 4.90 Å². The molecule has 0 aromatic carbocycles. The molecule has 1 aliphatic heterocycles. The summed E-state index contributed by atoms with van der Waals surface area (Å²) in [4.78, 5) is 13.5. The molecule has 3 heteroatoms. The van der Waals surface area contributed by atoms with Gasteiger partial charge >= 0.3 is 0 Å². The summed E-state index contributed by atoms with van der Waals surface area (Å²) in [6, 6.07) is 0.497. The monoisotopic (exact) mass is 212 g/mol. The van der Waals surface area contributed by atoms with Crippen LogP contribution in [0.3, 0.4) is 0 Å². The van der Waals surface area contributed by atoms with Gasteiger partial charge in [-0.25, -0.2) is 0 Å². The fourth-order valence-electron chi connectivity index (χ4n) is 2.12. The zero-order valence-electron chi connectivity index (χ0n) is 10.1. The molecule has 0 aromatic heterocycles. The molecule has 1 heterocycles. The molecule has 3 nitrogen and oxygen atoms in total. The van der Waals surface area contributed by atoms with E-state index in [9.17, 15) is 4.79 Å². The first-order valence-corrected chi connectivity index (χ1v) is 6.29. The van der Waals surface area contributed by atoms with E-state index in [0.29, 0.717) is 11.9 Å². The lowest BCUT2D eigenvalue weighted by Gasteiger charge is -2.24. The predicted molar refractivity (Wildman–Crippen MR) is 62.8 cm³/mol. The van der Waals surface area contributed by atoms with Crippen LogP contribution in [0.15, 0.2) is 0 Å². The van der Waals surface area contributed by atoms with E-state index in [1.54, 1.807) is 0 Å². The molecule has 1 rings (SSSR count). The summed E-state index contributed by atoms with van der Waals surface area (Å²) in [7, 11) is 0. The van der Waals surface area contributed by atoms with Crippen LogP contribution in [0.5, 0.6) is 0 Å². The third-order valence-electron chi connectivity index (χ3n) is 2.93. The van der Waals surface area contributed by atoms with Crippen LogP contribution in [0.25, 0.3) is 0 Å². The first-order valence-electron chi connectivity index (χ1n) is 6.29. The van der Waals surface area contributed by atoms with Crippen LogP contribution in [0, 0.1) is 0 Å². The van der Waals surface area contributed by atoms with Gasteiger partial charge in [-0.05, 0) is 25.8 Å². The highest BCUT2D eigenvalue weighted by molar-refractivity contribution is 5.78. The largest absolute Gasteiger partial charge is 0.341 e. The van der Waals surface area contributed by atoms with E-state index in [0.717, 1.165) is 38.9 Å². The second-order valence-electron chi connectivity index (χ2n) is 4.38. The molecule has 1 saturated heterocycles. The maximum atomic E-state index is 11.5. The molecule has 0 aliphatic carbocycles. The Morgan fingerprint density at radius 3 is 2.73 bits per heavy atom. The number of carbonyl (C=O) groups excluding carboxylic acids is 1. The Morgan fingerprint density at radius 1 is 1.40 bits per heavy atom. The van der Waals surface area contributed by atoms with E-state index in [1.165, 1.54) is 12.8 Å². The van der Waals surface area contributed by atoms with Gasteiger partial charge in [0.25, 0.3) is 0 Å². The maximum absolute atomic E-state index is 11.5. The number of nitrogens with one attached hydrogen (secondary N) is 1. The van der Waals surface area contributed by atoms with Crippen LogP contribution in [0.2, 0.25) is 0 Å². The van der Waals surface area contributed by atoms with Crippen molar-refractivity contribution in [2.75, 3.05) is 19.6 Å². The summed E-state index contributed by atoms with van der Waals surface area (Å²) >= 11 is 0.